The first-order valence-electron chi connectivity index (χ1n) is 10.6. The number of primary amides is 1. The minimum atomic E-state index is -4.22. The molecule has 0 radical (unpaired) electrons. The molecule has 8 nitrogen and oxygen atoms in total. The lowest BCUT2D eigenvalue weighted by Gasteiger charge is -2.37. The number of nitrogens with zero attached hydrogens (tertiary/aromatic N) is 3. The predicted molar refractivity (Wildman–Crippen MR) is 128 cm³/mol. The van der Waals surface area contributed by atoms with Crippen LogP contribution in [0.1, 0.15) is 23.2 Å². The summed E-state index contributed by atoms with van der Waals surface area (Å²) in [7, 11) is 0. The molecule has 1 unspecified atom stereocenters. The van der Waals surface area contributed by atoms with Gasteiger partial charge in [0.05, 0.1) is 6.54 Å². The van der Waals surface area contributed by atoms with Crippen LogP contribution in [0.5, 0.6) is 0 Å². The van der Waals surface area contributed by atoms with Crippen molar-refractivity contribution in [1.29, 1.82) is 0 Å². The molecular weight excluding hydrogens is 492 g/mol. The maximum Gasteiger partial charge on any atom is 0.323 e. The smallest absolute Gasteiger partial charge is 0.323 e. The summed E-state index contributed by atoms with van der Waals surface area (Å²) in [4.78, 5) is 15.0. The molecule has 0 aliphatic heterocycles. The zero-order chi connectivity index (χ0) is 27.2. The summed E-state index contributed by atoms with van der Waals surface area (Å²) in [5, 5.41) is 14.7. The van der Waals surface area contributed by atoms with Crippen LogP contribution in [0.25, 0.3) is 0 Å². The van der Waals surface area contributed by atoms with Gasteiger partial charge in [0.15, 0.2) is 5.60 Å². The maximum absolute atomic E-state index is 15.7. The summed E-state index contributed by atoms with van der Waals surface area (Å²) in [5.41, 5.74) is 1.27. The van der Waals surface area contributed by atoms with Crippen LogP contribution in [-0.2, 0) is 16.3 Å². The molecule has 1 heterocycles. The van der Waals surface area contributed by atoms with Crippen LogP contribution in [0.15, 0.2) is 77.1 Å². The largest absolute Gasteiger partial charge is 0.377 e. The van der Waals surface area contributed by atoms with Crippen molar-refractivity contribution in [1.82, 2.24) is 9.99 Å². The van der Waals surface area contributed by atoms with Crippen LogP contribution in [0, 0.1) is 23.5 Å². The lowest BCUT2D eigenvalue weighted by Crippen LogP contribution is -2.53. The topological polar surface area (TPSA) is 144 Å². The Morgan fingerprint density at radius 1 is 1.19 bits per heavy atom. The molecule has 0 bridgehead atoms. The van der Waals surface area contributed by atoms with E-state index in [0.29, 0.717) is 34.7 Å². The number of carbonyl (C=O) groups is 1. The first-order chi connectivity index (χ1) is 17.5. The number of aliphatic hydroxyl groups is 1. The van der Waals surface area contributed by atoms with E-state index in [-0.39, 0.29) is 5.56 Å². The van der Waals surface area contributed by atoms with Gasteiger partial charge in [-0.3, -0.25) is 14.8 Å². The number of pyridine rings is 1. The fourth-order valence-electron chi connectivity index (χ4n) is 3.48. The first kappa shape index (κ1) is 27.1. The Hall–Kier alpha value is -4.47. The monoisotopic (exact) mass is 514 g/mol. The third-order valence-electron chi connectivity index (χ3n) is 5.36. The highest BCUT2D eigenvalue weighted by Gasteiger charge is 2.58. The molecule has 1 aromatic carbocycles. The van der Waals surface area contributed by atoms with Gasteiger partial charge in [0.25, 0.3) is 0 Å². The van der Waals surface area contributed by atoms with Crippen molar-refractivity contribution in [3.8, 4) is 11.8 Å². The molecular formula is C25H22F4N6O2. The van der Waals surface area contributed by atoms with Crippen LogP contribution in [0.3, 0.4) is 0 Å². The first-order valence-corrected chi connectivity index (χ1v) is 10.6. The van der Waals surface area contributed by atoms with Crippen molar-refractivity contribution >= 4 is 12.2 Å². The highest BCUT2D eigenvalue weighted by Crippen LogP contribution is 2.45. The molecule has 1 amide bonds. The van der Waals surface area contributed by atoms with Crippen molar-refractivity contribution in [2.24, 2.45) is 22.5 Å². The third-order valence-corrected chi connectivity index (χ3v) is 5.36. The van der Waals surface area contributed by atoms with Crippen molar-refractivity contribution < 1.29 is 27.5 Å². The molecule has 192 valence electrons. The van der Waals surface area contributed by atoms with E-state index in [9.17, 15) is 18.7 Å². The van der Waals surface area contributed by atoms with Gasteiger partial charge in [-0.1, -0.05) is 24.0 Å². The zero-order valence-electron chi connectivity index (χ0n) is 19.2. The molecule has 1 aromatic heterocycles. The lowest BCUT2D eigenvalue weighted by atomic mass is 9.84. The Labute approximate surface area is 209 Å². The molecule has 12 heteroatoms. The molecule has 7 N–H and O–H groups in total. The molecule has 2 aromatic rings. The standard InChI is InChI=1S/C25H22F4N6O2/c26-19-9-10-20(21(27)12-19)24(37,14-35(32)15-34-31)25(28,29)22-11-7-17(13-33-22)5-4-16-2-1-3-18(8-6-16)23(30)36/h2-3,6-13,15,37H,1,14,31-32H2,(H2,30,36)/b34-15-. The Morgan fingerprint density at radius 2 is 1.95 bits per heavy atom. The van der Waals surface area contributed by atoms with E-state index in [1.807, 2.05) is 0 Å². The van der Waals surface area contributed by atoms with Gasteiger partial charge in [-0.25, -0.2) is 14.6 Å². The second kappa shape index (κ2) is 11.1. The normalized spacial score (nSPS) is 15.2. The molecule has 0 spiro atoms. The van der Waals surface area contributed by atoms with Crippen molar-refractivity contribution in [2.75, 3.05) is 6.54 Å². The molecule has 0 saturated carbocycles. The SMILES string of the molecule is N/N=C\N(N)CC(O)(c1ccc(F)cc1F)C(F)(F)c1ccc(C#CC2=CCC=C(C(N)=O)C=C2)cn1. The number of hydrogen-bond acceptors (Lipinski definition) is 6. The lowest BCUT2D eigenvalue weighted by molar-refractivity contribution is -0.203. The van der Waals surface area contributed by atoms with Crippen molar-refractivity contribution in [2.45, 2.75) is 17.9 Å². The Morgan fingerprint density at radius 3 is 2.57 bits per heavy atom. The van der Waals surface area contributed by atoms with E-state index in [2.05, 4.69) is 21.9 Å². The van der Waals surface area contributed by atoms with Gasteiger partial charge in [0, 0.05) is 34.5 Å². The van der Waals surface area contributed by atoms with E-state index in [1.54, 1.807) is 18.2 Å². The van der Waals surface area contributed by atoms with Crippen LogP contribution >= 0.6 is 0 Å². The van der Waals surface area contributed by atoms with Crippen molar-refractivity contribution in [3.05, 3.63) is 100 Å². The number of halogens is 4. The van der Waals surface area contributed by atoms with Gasteiger partial charge in [0.1, 0.15) is 23.7 Å². The average molecular weight is 514 g/mol. The zero-order valence-corrected chi connectivity index (χ0v) is 19.2. The van der Waals surface area contributed by atoms with E-state index in [4.69, 9.17) is 17.4 Å². The second-order valence-corrected chi connectivity index (χ2v) is 7.93. The minimum Gasteiger partial charge on any atom is -0.377 e. The van der Waals surface area contributed by atoms with E-state index in [1.165, 1.54) is 12.1 Å². The highest BCUT2D eigenvalue weighted by molar-refractivity contribution is 5.95. The van der Waals surface area contributed by atoms with Crippen LogP contribution in [-0.4, -0.2) is 33.9 Å². The predicted octanol–water partition coefficient (Wildman–Crippen LogP) is 2.07. The number of benzene rings is 1. The van der Waals surface area contributed by atoms with E-state index < -0.39 is 46.9 Å². The number of nitrogens with two attached hydrogens (primary N) is 3. The number of amides is 1. The molecule has 0 saturated heterocycles. The number of carbonyl (C=O) groups excluding carboxylic acids is 1. The number of alkyl halides is 2. The maximum atomic E-state index is 15.7. The average Bonchev–Trinajstić information content (AvgIpc) is 3.09. The molecule has 1 aliphatic carbocycles. The summed E-state index contributed by atoms with van der Waals surface area (Å²) < 4.78 is 59.4. The summed E-state index contributed by atoms with van der Waals surface area (Å²) >= 11 is 0. The molecule has 1 atom stereocenters. The van der Waals surface area contributed by atoms with Gasteiger partial charge >= 0.3 is 5.92 Å². The van der Waals surface area contributed by atoms with Crippen molar-refractivity contribution in [3.63, 3.8) is 0 Å². The fourth-order valence-corrected chi connectivity index (χ4v) is 3.48. The van der Waals surface area contributed by atoms with E-state index in [0.717, 1.165) is 24.7 Å². The summed E-state index contributed by atoms with van der Waals surface area (Å²) in [6.07, 6.45) is 8.70. The Bertz CT molecular complexity index is 1360. The summed E-state index contributed by atoms with van der Waals surface area (Å²) in [5.74, 6) is 8.90. The third kappa shape index (κ3) is 6.03. The number of hydrazine groups is 1. The molecule has 37 heavy (non-hydrogen) atoms. The Kier molecular flexibility index (Phi) is 8.11. The number of allylic oxidation sites excluding steroid dienone is 4. The van der Waals surface area contributed by atoms with Gasteiger partial charge in [-0.05, 0) is 42.8 Å². The van der Waals surface area contributed by atoms with Gasteiger partial charge in [-0.2, -0.15) is 13.9 Å². The minimum absolute atomic E-state index is 0.258. The van der Waals surface area contributed by atoms with Crippen LogP contribution < -0.4 is 17.4 Å². The highest BCUT2D eigenvalue weighted by atomic mass is 19.3. The molecule has 3 rings (SSSR count). The molecule has 1 aliphatic rings. The van der Waals surface area contributed by atoms with Gasteiger partial charge < -0.3 is 16.7 Å². The Balaban J connectivity index is 1.94. The number of hydrazone groups is 1. The number of rotatable bonds is 7. The quantitative estimate of drug-likeness (QED) is 0.111. The second-order valence-electron chi connectivity index (χ2n) is 7.93. The fraction of sp³-hybridized carbons (Fsp3) is 0.160. The molecule has 0 fully saturated rings. The van der Waals surface area contributed by atoms with Crippen LogP contribution in [0.2, 0.25) is 0 Å². The summed E-state index contributed by atoms with van der Waals surface area (Å²) in [6.45, 7) is -1.08. The summed E-state index contributed by atoms with van der Waals surface area (Å²) in [6, 6.07) is 3.93. The van der Waals surface area contributed by atoms with Gasteiger partial charge in [0.2, 0.25) is 5.91 Å². The number of hydrogen-bond donors (Lipinski definition) is 4. The van der Waals surface area contributed by atoms with Gasteiger partial charge in [-0.15, -0.1) is 0 Å². The van der Waals surface area contributed by atoms with Crippen LogP contribution in [0.4, 0.5) is 17.6 Å². The number of aromatic nitrogens is 1. The van der Waals surface area contributed by atoms with E-state index >= 15 is 8.78 Å².